The molecular weight excluding hydrogens is 304 g/mol. The highest BCUT2D eigenvalue weighted by Gasteiger charge is 2.42. The summed E-state index contributed by atoms with van der Waals surface area (Å²) < 4.78 is 2.13. The fourth-order valence-electron chi connectivity index (χ4n) is 4.55. The lowest BCUT2D eigenvalue weighted by molar-refractivity contribution is -0.134. The van der Waals surface area contributed by atoms with E-state index in [1.165, 1.54) is 42.1 Å². The van der Waals surface area contributed by atoms with Gasteiger partial charge in [0.2, 0.25) is 5.91 Å². The van der Waals surface area contributed by atoms with Gasteiger partial charge in [0.05, 0.1) is 6.42 Å². The third-order valence-electron chi connectivity index (χ3n) is 5.63. The van der Waals surface area contributed by atoms with E-state index in [1.807, 2.05) is 11.8 Å². The number of para-hydroxylation sites is 1. The van der Waals surface area contributed by atoms with Crippen LogP contribution < -0.4 is 0 Å². The van der Waals surface area contributed by atoms with Crippen LogP contribution in [0.3, 0.4) is 0 Å². The molecule has 0 radical (unpaired) electrons. The largest absolute Gasteiger partial charge is 0.350 e. The zero-order chi connectivity index (χ0) is 16.0. The van der Waals surface area contributed by atoms with Crippen LogP contribution in [0.2, 0.25) is 0 Å². The van der Waals surface area contributed by atoms with Gasteiger partial charge < -0.3 is 9.47 Å². The summed E-state index contributed by atoms with van der Waals surface area (Å²) in [5.74, 6) is 0.327. The van der Waals surface area contributed by atoms with Gasteiger partial charge in [-0.3, -0.25) is 4.79 Å². The van der Waals surface area contributed by atoms with Crippen LogP contribution in [0.5, 0.6) is 0 Å². The first-order valence-electron chi connectivity index (χ1n) is 8.54. The summed E-state index contributed by atoms with van der Waals surface area (Å²) >= 11 is 1.97. The van der Waals surface area contributed by atoms with Gasteiger partial charge in [-0.05, 0) is 43.6 Å². The predicted octanol–water partition coefficient (Wildman–Crippen LogP) is 3.61. The fourth-order valence-corrected chi connectivity index (χ4v) is 5.38. The molecule has 2 aromatic rings. The van der Waals surface area contributed by atoms with Crippen molar-refractivity contribution in [2.24, 2.45) is 7.05 Å². The van der Waals surface area contributed by atoms with Crippen LogP contribution in [-0.4, -0.2) is 39.0 Å². The second-order valence-electron chi connectivity index (χ2n) is 6.97. The Bertz CT molecular complexity index is 724. The van der Waals surface area contributed by atoms with Crippen molar-refractivity contribution in [1.82, 2.24) is 9.47 Å². The monoisotopic (exact) mass is 328 g/mol. The highest BCUT2D eigenvalue weighted by Crippen LogP contribution is 2.40. The van der Waals surface area contributed by atoms with Crippen molar-refractivity contribution in [3.63, 3.8) is 0 Å². The number of fused-ring (bicyclic) bond motifs is 3. The van der Waals surface area contributed by atoms with Crippen LogP contribution in [0.1, 0.15) is 31.2 Å². The van der Waals surface area contributed by atoms with Crippen LogP contribution in [0.15, 0.2) is 30.5 Å². The Hall–Kier alpha value is -1.42. The molecular formula is C19H24N2OS. The smallest absolute Gasteiger partial charge is 0.227 e. The average molecular weight is 328 g/mol. The van der Waals surface area contributed by atoms with E-state index < -0.39 is 0 Å². The first kappa shape index (κ1) is 15.1. The molecule has 122 valence electrons. The summed E-state index contributed by atoms with van der Waals surface area (Å²) in [5, 5.41) is 1.96. The molecule has 1 amide bonds. The van der Waals surface area contributed by atoms with Crippen molar-refractivity contribution in [2.75, 3.05) is 6.26 Å². The molecule has 2 aliphatic rings. The standard InChI is InChI=1S/C19H24N2OS/c1-20-12-13(17-5-3-4-6-18(17)20)9-19(22)21-14-7-8-15(21)11-16(10-14)23-2/h3-6,12,14-16H,7-11H2,1-2H3. The number of aromatic nitrogens is 1. The number of nitrogens with zero attached hydrogens (tertiary/aromatic N) is 2. The molecule has 4 rings (SSSR count). The molecule has 3 nitrogen and oxygen atoms in total. The Kier molecular flexibility index (Phi) is 3.88. The number of amides is 1. The van der Waals surface area contributed by atoms with Crippen LogP contribution in [-0.2, 0) is 18.3 Å². The quantitative estimate of drug-likeness (QED) is 0.860. The summed E-state index contributed by atoms with van der Waals surface area (Å²) in [6.45, 7) is 0. The summed E-state index contributed by atoms with van der Waals surface area (Å²) in [6, 6.07) is 9.33. The number of aryl methyl sites for hydroxylation is 1. The number of rotatable bonds is 3. The van der Waals surface area contributed by atoms with E-state index in [1.54, 1.807) is 0 Å². The maximum Gasteiger partial charge on any atom is 0.227 e. The molecule has 2 unspecified atom stereocenters. The van der Waals surface area contributed by atoms with Gasteiger partial charge in [-0.2, -0.15) is 11.8 Å². The Morgan fingerprint density at radius 1 is 1.22 bits per heavy atom. The van der Waals surface area contributed by atoms with E-state index in [2.05, 4.69) is 53.2 Å². The minimum atomic E-state index is 0.327. The van der Waals surface area contributed by atoms with Gasteiger partial charge in [0, 0.05) is 41.5 Å². The molecule has 2 atom stereocenters. The Balaban J connectivity index is 1.56. The molecule has 3 heterocycles. The van der Waals surface area contributed by atoms with Gasteiger partial charge in [-0.1, -0.05) is 18.2 Å². The second-order valence-corrected chi connectivity index (χ2v) is 8.11. The summed E-state index contributed by atoms with van der Waals surface area (Å²) in [6.07, 6.45) is 9.62. The first-order valence-corrected chi connectivity index (χ1v) is 9.83. The predicted molar refractivity (Wildman–Crippen MR) is 96.8 cm³/mol. The van der Waals surface area contributed by atoms with E-state index in [0.29, 0.717) is 24.4 Å². The average Bonchev–Trinajstić information content (AvgIpc) is 3.02. The Labute approximate surface area is 142 Å². The molecule has 1 aromatic carbocycles. The van der Waals surface area contributed by atoms with E-state index in [-0.39, 0.29) is 0 Å². The van der Waals surface area contributed by atoms with E-state index in [4.69, 9.17) is 0 Å². The molecule has 0 spiro atoms. The molecule has 0 N–H and O–H groups in total. The molecule has 2 aliphatic heterocycles. The minimum absolute atomic E-state index is 0.327. The lowest BCUT2D eigenvalue weighted by Gasteiger charge is -2.38. The van der Waals surface area contributed by atoms with Crippen LogP contribution in [0, 0.1) is 0 Å². The normalized spacial score (nSPS) is 26.9. The van der Waals surface area contributed by atoms with Gasteiger partial charge in [0.25, 0.3) is 0 Å². The summed E-state index contributed by atoms with van der Waals surface area (Å²) in [5.41, 5.74) is 2.37. The summed E-state index contributed by atoms with van der Waals surface area (Å²) in [7, 11) is 2.06. The number of thioether (sulfide) groups is 1. The molecule has 2 saturated heterocycles. The highest BCUT2D eigenvalue weighted by molar-refractivity contribution is 7.99. The van der Waals surface area contributed by atoms with Crippen LogP contribution in [0.4, 0.5) is 0 Å². The number of hydrogen-bond acceptors (Lipinski definition) is 2. The van der Waals surface area contributed by atoms with Crippen molar-refractivity contribution in [3.8, 4) is 0 Å². The SMILES string of the molecule is CSC1CC2CCC(C1)N2C(=O)Cc1cn(C)c2ccccc12. The van der Waals surface area contributed by atoms with Gasteiger partial charge >= 0.3 is 0 Å². The Morgan fingerprint density at radius 2 is 1.91 bits per heavy atom. The molecule has 2 fully saturated rings. The first-order chi connectivity index (χ1) is 11.2. The van der Waals surface area contributed by atoms with Crippen molar-refractivity contribution >= 4 is 28.6 Å². The Morgan fingerprint density at radius 3 is 2.61 bits per heavy atom. The lowest BCUT2D eigenvalue weighted by atomic mass is 10.0. The highest BCUT2D eigenvalue weighted by atomic mass is 32.2. The molecule has 1 aromatic heterocycles. The zero-order valence-corrected chi connectivity index (χ0v) is 14.7. The second kappa shape index (κ2) is 5.90. The van der Waals surface area contributed by atoms with E-state index in [0.717, 1.165) is 5.25 Å². The lowest BCUT2D eigenvalue weighted by Crippen LogP contribution is -2.47. The maximum absolute atomic E-state index is 13.0. The van der Waals surface area contributed by atoms with Crippen molar-refractivity contribution < 1.29 is 4.79 Å². The van der Waals surface area contributed by atoms with Crippen LogP contribution in [0.25, 0.3) is 10.9 Å². The van der Waals surface area contributed by atoms with Crippen molar-refractivity contribution in [3.05, 3.63) is 36.0 Å². The van der Waals surface area contributed by atoms with E-state index in [9.17, 15) is 4.79 Å². The third-order valence-corrected chi connectivity index (χ3v) is 6.68. The number of carbonyl (C=O) groups is 1. The van der Waals surface area contributed by atoms with Gasteiger partial charge in [0.1, 0.15) is 0 Å². The number of carbonyl (C=O) groups excluding carboxylic acids is 1. The molecule has 4 heteroatoms. The minimum Gasteiger partial charge on any atom is -0.350 e. The van der Waals surface area contributed by atoms with Gasteiger partial charge in [-0.15, -0.1) is 0 Å². The van der Waals surface area contributed by atoms with E-state index >= 15 is 0 Å². The van der Waals surface area contributed by atoms with Gasteiger partial charge in [0.15, 0.2) is 0 Å². The van der Waals surface area contributed by atoms with Gasteiger partial charge in [-0.25, -0.2) is 0 Å². The topological polar surface area (TPSA) is 25.2 Å². The maximum atomic E-state index is 13.0. The molecule has 0 saturated carbocycles. The molecule has 2 bridgehead atoms. The molecule has 23 heavy (non-hydrogen) atoms. The molecule has 0 aliphatic carbocycles. The number of piperidine rings is 1. The zero-order valence-electron chi connectivity index (χ0n) is 13.9. The number of hydrogen-bond donors (Lipinski definition) is 0. The van der Waals surface area contributed by atoms with Crippen molar-refractivity contribution in [1.29, 1.82) is 0 Å². The summed E-state index contributed by atoms with van der Waals surface area (Å²) in [4.78, 5) is 15.2. The van der Waals surface area contributed by atoms with Crippen molar-refractivity contribution in [2.45, 2.75) is 49.4 Å². The van der Waals surface area contributed by atoms with Crippen LogP contribution >= 0.6 is 11.8 Å². The number of benzene rings is 1. The fraction of sp³-hybridized carbons (Fsp3) is 0.526. The third kappa shape index (κ3) is 2.57.